The maximum atomic E-state index is 12.9. The fourth-order valence-electron chi connectivity index (χ4n) is 1.70. The molecule has 84 valence electrons. The predicted octanol–water partition coefficient (Wildman–Crippen LogP) is 4.18. The molecule has 0 spiro atoms. The highest BCUT2D eigenvalue weighted by Gasteiger charge is 2.63. The highest BCUT2D eigenvalue weighted by atomic mass is 127. The summed E-state index contributed by atoms with van der Waals surface area (Å²) in [6.07, 6.45) is -3.76. The summed E-state index contributed by atoms with van der Waals surface area (Å²) in [5, 5.41) is 0. The van der Waals surface area contributed by atoms with Crippen LogP contribution in [0.15, 0.2) is 0 Å². The molecule has 2 atom stereocenters. The number of alkyl halides is 6. The first-order valence-electron chi connectivity index (χ1n) is 4.35. The van der Waals surface area contributed by atoms with Crippen LogP contribution in [-0.2, 0) is 0 Å². The highest BCUT2D eigenvalue weighted by Crippen LogP contribution is 2.48. The number of hydrogen-bond acceptors (Lipinski definition) is 0. The van der Waals surface area contributed by atoms with Crippen LogP contribution < -0.4 is 0 Å². The zero-order valence-corrected chi connectivity index (χ0v) is 9.41. The molecule has 0 aliphatic heterocycles. The van der Waals surface area contributed by atoms with E-state index in [1.807, 2.05) is 0 Å². The smallest absolute Gasteiger partial charge is 0.196 e. The van der Waals surface area contributed by atoms with Gasteiger partial charge in [0.1, 0.15) is 0 Å². The van der Waals surface area contributed by atoms with Gasteiger partial charge in [0.05, 0.1) is 0 Å². The van der Waals surface area contributed by atoms with E-state index in [-0.39, 0.29) is 6.42 Å². The molecule has 0 aromatic rings. The van der Waals surface area contributed by atoms with Crippen molar-refractivity contribution in [2.75, 3.05) is 0 Å². The molecule has 0 amide bonds. The van der Waals surface area contributed by atoms with Crippen LogP contribution in [0.3, 0.4) is 0 Å². The lowest BCUT2D eigenvalue weighted by molar-refractivity contribution is -0.304. The second kappa shape index (κ2) is 4.09. The van der Waals surface area contributed by atoms with Crippen molar-refractivity contribution in [2.24, 2.45) is 5.92 Å². The molecule has 1 aliphatic rings. The van der Waals surface area contributed by atoms with Crippen molar-refractivity contribution in [3.63, 3.8) is 0 Å². The lowest BCUT2D eigenvalue weighted by Crippen LogP contribution is -2.47. The van der Waals surface area contributed by atoms with Gasteiger partial charge in [-0.05, 0) is 12.8 Å². The van der Waals surface area contributed by atoms with Gasteiger partial charge in [-0.1, -0.05) is 35.4 Å². The second-order valence-corrected chi connectivity index (χ2v) is 5.13. The Morgan fingerprint density at radius 1 is 0.929 bits per heavy atom. The summed E-state index contributed by atoms with van der Waals surface area (Å²) in [7, 11) is 0. The quantitative estimate of drug-likeness (QED) is 0.385. The molecule has 0 aromatic heterocycles. The van der Waals surface area contributed by atoms with Crippen LogP contribution in [0.25, 0.3) is 0 Å². The Hall–Kier alpha value is 0.380. The van der Waals surface area contributed by atoms with E-state index >= 15 is 0 Å². The minimum atomic E-state index is -5.40. The maximum Gasteiger partial charge on any atom is 0.453 e. The normalized spacial score (nSPS) is 30.4. The van der Waals surface area contributed by atoms with Gasteiger partial charge in [-0.3, -0.25) is 0 Å². The van der Waals surface area contributed by atoms with E-state index in [0.717, 1.165) is 6.42 Å². The van der Waals surface area contributed by atoms with Crippen LogP contribution in [-0.4, -0.2) is 16.0 Å². The Bertz CT molecular complexity index is 200. The zero-order chi connectivity index (χ0) is 11.0. The molecule has 1 rings (SSSR count). The molecule has 14 heavy (non-hydrogen) atoms. The molecular weight excluding hydrogens is 318 g/mol. The molecule has 1 aliphatic carbocycles. The maximum absolute atomic E-state index is 12.9. The Kier molecular flexibility index (Phi) is 3.64. The van der Waals surface area contributed by atoms with E-state index in [2.05, 4.69) is 0 Å². The monoisotopic (exact) mass is 328 g/mol. The van der Waals surface area contributed by atoms with Gasteiger partial charge in [0, 0.05) is 9.84 Å². The molecule has 1 saturated carbocycles. The van der Waals surface area contributed by atoms with Crippen LogP contribution in [0.2, 0.25) is 0 Å². The number of halogens is 6. The topological polar surface area (TPSA) is 0 Å². The number of hydrogen-bond donors (Lipinski definition) is 0. The standard InChI is InChI=1S/C8H10F5I/c9-7(10,8(11,12)13)5-3-1-2-4-6(5)14/h5-6H,1-4H2/t5?,6-/m0/s1. The zero-order valence-electron chi connectivity index (χ0n) is 7.25. The van der Waals surface area contributed by atoms with Crippen molar-refractivity contribution in [1.29, 1.82) is 0 Å². The SMILES string of the molecule is FC(F)(F)C(F)(F)C1CCCC[C@@H]1I. The van der Waals surface area contributed by atoms with Crippen LogP contribution in [0, 0.1) is 5.92 Å². The molecule has 0 heterocycles. The summed E-state index contributed by atoms with van der Waals surface area (Å²) in [5.41, 5.74) is 0. The first kappa shape index (κ1) is 12.4. The largest absolute Gasteiger partial charge is 0.453 e. The molecule has 1 fully saturated rings. The van der Waals surface area contributed by atoms with Crippen molar-refractivity contribution in [3.8, 4) is 0 Å². The molecule has 0 bridgehead atoms. The summed E-state index contributed by atoms with van der Waals surface area (Å²) in [6.45, 7) is 0. The van der Waals surface area contributed by atoms with Crippen molar-refractivity contribution in [1.82, 2.24) is 0 Å². The summed E-state index contributed by atoms with van der Waals surface area (Å²) >= 11 is 1.70. The third-order valence-corrected chi connectivity index (χ3v) is 4.02. The van der Waals surface area contributed by atoms with Crippen LogP contribution in [0.1, 0.15) is 25.7 Å². The third kappa shape index (κ3) is 2.30. The van der Waals surface area contributed by atoms with Crippen LogP contribution in [0.4, 0.5) is 22.0 Å². The lowest BCUT2D eigenvalue weighted by atomic mass is 9.84. The second-order valence-electron chi connectivity index (χ2n) is 3.53. The molecule has 0 saturated heterocycles. The summed E-state index contributed by atoms with van der Waals surface area (Å²) < 4.78 is 61.4. The van der Waals surface area contributed by atoms with Gasteiger partial charge in [0.25, 0.3) is 0 Å². The predicted molar refractivity (Wildman–Crippen MR) is 50.8 cm³/mol. The minimum absolute atomic E-state index is 0.0277. The van der Waals surface area contributed by atoms with E-state index in [1.165, 1.54) is 0 Å². The Morgan fingerprint density at radius 2 is 1.43 bits per heavy atom. The van der Waals surface area contributed by atoms with Gasteiger partial charge in [0.15, 0.2) is 0 Å². The molecule has 0 N–H and O–H groups in total. The molecule has 0 aromatic carbocycles. The Morgan fingerprint density at radius 3 is 1.86 bits per heavy atom. The van der Waals surface area contributed by atoms with Gasteiger partial charge in [-0.25, -0.2) is 0 Å². The highest BCUT2D eigenvalue weighted by molar-refractivity contribution is 14.1. The van der Waals surface area contributed by atoms with E-state index in [0.29, 0.717) is 12.8 Å². The summed E-state index contributed by atoms with van der Waals surface area (Å²) in [6, 6.07) is 0. The fourth-order valence-corrected chi connectivity index (χ4v) is 2.96. The molecular formula is C8H10F5I. The van der Waals surface area contributed by atoms with Gasteiger partial charge in [-0.15, -0.1) is 0 Å². The fraction of sp³-hybridized carbons (Fsp3) is 1.00. The van der Waals surface area contributed by atoms with Crippen molar-refractivity contribution in [2.45, 2.75) is 41.7 Å². The van der Waals surface area contributed by atoms with E-state index in [1.54, 1.807) is 22.6 Å². The van der Waals surface area contributed by atoms with Crippen molar-refractivity contribution in [3.05, 3.63) is 0 Å². The van der Waals surface area contributed by atoms with Crippen LogP contribution >= 0.6 is 22.6 Å². The van der Waals surface area contributed by atoms with Crippen molar-refractivity contribution < 1.29 is 22.0 Å². The molecule has 6 heteroatoms. The summed E-state index contributed by atoms with van der Waals surface area (Å²) in [4.78, 5) is 0. The first-order chi connectivity index (χ1) is 6.27. The Balaban J connectivity index is 2.79. The van der Waals surface area contributed by atoms with Gasteiger partial charge < -0.3 is 0 Å². The first-order valence-corrected chi connectivity index (χ1v) is 5.60. The van der Waals surface area contributed by atoms with Gasteiger partial charge in [0.2, 0.25) is 0 Å². The van der Waals surface area contributed by atoms with E-state index < -0.39 is 21.9 Å². The average Bonchev–Trinajstić information content (AvgIpc) is 2.02. The van der Waals surface area contributed by atoms with E-state index in [4.69, 9.17) is 0 Å². The molecule has 0 nitrogen and oxygen atoms in total. The number of rotatable bonds is 1. The molecule has 1 unspecified atom stereocenters. The minimum Gasteiger partial charge on any atom is -0.196 e. The van der Waals surface area contributed by atoms with E-state index in [9.17, 15) is 22.0 Å². The summed E-state index contributed by atoms with van der Waals surface area (Å²) in [5.74, 6) is -6.07. The lowest BCUT2D eigenvalue weighted by Gasteiger charge is -2.34. The van der Waals surface area contributed by atoms with Gasteiger partial charge in [-0.2, -0.15) is 22.0 Å². The molecule has 0 radical (unpaired) electrons. The van der Waals surface area contributed by atoms with Gasteiger partial charge >= 0.3 is 12.1 Å². The van der Waals surface area contributed by atoms with Crippen molar-refractivity contribution >= 4 is 22.6 Å². The van der Waals surface area contributed by atoms with Crippen LogP contribution in [0.5, 0.6) is 0 Å². The third-order valence-electron chi connectivity index (χ3n) is 2.53. The Labute approximate surface area is 92.4 Å². The average molecular weight is 328 g/mol.